The van der Waals surface area contributed by atoms with E-state index in [1.165, 1.54) is 16.7 Å². The van der Waals surface area contributed by atoms with Crippen LogP contribution in [0.4, 0.5) is 5.69 Å². The van der Waals surface area contributed by atoms with Crippen molar-refractivity contribution in [2.75, 3.05) is 5.32 Å². The summed E-state index contributed by atoms with van der Waals surface area (Å²) in [6.07, 6.45) is 2.41. The first kappa shape index (κ1) is 22.3. The van der Waals surface area contributed by atoms with Crippen molar-refractivity contribution in [3.8, 4) is 6.07 Å². The minimum Gasteiger partial charge on any atom is -0.321 e. The lowest BCUT2D eigenvalue weighted by Crippen LogP contribution is -2.13. The zero-order valence-corrected chi connectivity index (χ0v) is 19.3. The molecule has 0 radical (unpaired) electrons. The van der Waals surface area contributed by atoms with E-state index in [-0.39, 0.29) is 5.57 Å². The van der Waals surface area contributed by atoms with Crippen molar-refractivity contribution in [3.05, 3.63) is 117 Å². The molecule has 33 heavy (non-hydrogen) atoms. The van der Waals surface area contributed by atoms with Crippen LogP contribution in [0, 0.1) is 25.2 Å². The van der Waals surface area contributed by atoms with Gasteiger partial charge >= 0.3 is 0 Å². The molecule has 4 aromatic rings. The second-order valence-corrected chi connectivity index (χ2v) is 8.60. The number of carbonyl (C=O) groups is 1. The molecule has 0 unspecified atom stereocenters. The van der Waals surface area contributed by atoms with Crippen molar-refractivity contribution in [3.63, 3.8) is 0 Å². The number of nitriles is 1. The van der Waals surface area contributed by atoms with Gasteiger partial charge in [0.2, 0.25) is 0 Å². The van der Waals surface area contributed by atoms with Crippen molar-refractivity contribution in [2.24, 2.45) is 0 Å². The monoisotopic (exact) mass is 450 g/mol. The molecule has 4 heteroatoms. The highest BCUT2D eigenvalue weighted by atomic mass is 35.5. The molecule has 3 nitrogen and oxygen atoms in total. The Morgan fingerprint density at radius 1 is 0.970 bits per heavy atom. The molecule has 0 aliphatic rings. The molecule has 1 amide bonds. The second-order valence-electron chi connectivity index (χ2n) is 8.16. The van der Waals surface area contributed by atoms with Gasteiger partial charge in [-0.2, -0.15) is 5.26 Å². The number of hydrogen-bond acceptors (Lipinski definition) is 2. The molecule has 0 saturated heterocycles. The van der Waals surface area contributed by atoms with Crippen molar-refractivity contribution < 1.29 is 4.79 Å². The fourth-order valence-electron chi connectivity index (χ4n) is 4.08. The van der Waals surface area contributed by atoms with Crippen molar-refractivity contribution in [1.82, 2.24) is 0 Å². The number of nitrogens with zero attached hydrogens (tertiary/aromatic N) is 1. The predicted molar refractivity (Wildman–Crippen MR) is 136 cm³/mol. The van der Waals surface area contributed by atoms with Gasteiger partial charge in [-0.15, -0.1) is 0 Å². The van der Waals surface area contributed by atoms with Gasteiger partial charge in [0, 0.05) is 10.7 Å². The summed E-state index contributed by atoms with van der Waals surface area (Å²) in [5.74, 6) is -0.454. The number of halogens is 1. The molecule has 0 aliphatic carbocycles. The fourth-order valence-corrected chi connectivity index (χ4v) is 4.21. The molecule has 4 aromatic carbocycles. The molecular formula is C29H23ClN2O. The molecule has 0 aromatic heterocycles. The van der Waals surface area contributed by atoms with Crippen LogP contribution in [0.2, 0.25) is 5.02 Å². The van der Waals surface area contributed by atoms with Gasteiger partial charge in [-0.1, -0.05) is 77.3 Å². The second kappa shape index (κ2) is 9.73. The van der Waals surface area contributed by atoms with Crippen LogP contribution in [0.15, 0.2) is 84.4 Å². The maximum Gasteiger partial charge on any atom is 0.266 e. The van der Waals surface area contributed by atoms with Gasteiger partial charge in [0.25, 0.3) is 5.91 Å². The maximum atomic E-state index is 12.9. The van der Waals surface area contributed by atoms with Gasteiger partial charge in [0.1, 0.15) is 11.6 Å². The quantitative estimate of drug-likeness (QED) is 0.257. The Balaban J connectivity index is 1.77. The minimum absolute atomic E-state index is 0.0444. The molecule has 162 valence electrons. The number of aryl methyl sites for hydroxylation is 2. The Bertz CT molecular complexity index is 1390. The van der Waals surface area contributed by atoms with Crippen LogP contribution >= 0.6 is 11.6 Å². The number of fused-ring (bicyclic) bond motifs is 1. The van der Waals surface area contributed by atoms with E-state index in [0.29, 0.717) is 17.1 Å². The molecule has 0 atom stereocenters. The average molecular weight is 451 g/mol. The third-order valence-corrected chi connectivity index (χ3v) is 5.74. The Morgan fingerprint density at radius 3 is 2.36 bits per heavy atom. The van der Waals surface area contributed by atoms with E-state index in [4.69, 9.17) is 11.6 Å². The predicted octanol–water partition coefficient (Wildman–Crippen LogP) is 7.25. The third-order valence-electron chi connectivity index (χ3n) is 5.49. The van der Waals surface area contributed by atoms with Crippen LogP contribution in [-0.4, -0.2) is 5.91 Å². The Kier molecular flexibility index (Phi) is 6.58. The summed E-state index contributed by atoms with van der Waals surface area (Å²) >= 11 is 5.93. The molecule has 0 bridgehead atoms. The summed E-state index contributed by atoms with van der Waals surface area (Å²) < 4.78 is 0. The SMILES string of the molecule is Cc1cc(C)cc(Cc2ccc3ccccc3c2/C=C(\C#N)C(=O)Nc2ccc(Cl)cc2)c1. The van der Waals surface area contributed by atoms with Gasteiger partial charge < -0.3 is 5.32 Å². The molecule has 0 saturated carbocycles. The Hall–Kier alpha value is -3.87. The van der Waals surface area contributed by atoms with E-state index in [1.54, 1.807) is 30.3 Å². The van der Waals surface area contributed by atoms with Gasteiger partial charge in [0.15, 0.2) is 0 Å². The molecular weight excluding hydrogens is 428 g/mol. The summed E-state index contributed by atoms with van der Waals surface area (Å²) in [5.41, 5.74) is 6.19. The first-order valence-corrected chi connectivity index (χ1v) is 11.1. The van der Waals surface area contributed by atoms with Crippen LogP contribution in [0.1, 0.15) is 27.8 Å². The molecule has 0 heterocycles. The number of benzene rings is 4. The van der Waals surface area contributed by atoms with E-state index in [1.807, 2.05) is 24.3 Å². The molecule has 4 rings (SSSR count). The first-order chi connectivity index (χ1) is 15.9. The molecule has 0 fully saturated rings. The van der Waals surface area contributed by atoms with Crippen LogP contribution in [0.3, 0.4) is 0 Å². The number of rotatable bonds is 5. The standard InChI is InChI=1S/C29H23ClN2O/c1-19-13-20(2)15-21(14-19)16-23-8-7-22-5-3-4-6-27(22)28(23)17-24(18-31)29(33)32-26-11-9-25(30)10-12-26/h3-15,17H,16H2,1-2H3,(H,32,33)/b24-17+. The molecule has 0 spiro atoms. The highest BCUT2D eigenvalue weighted by molar-refractivity contribution is 6.30. The summed E-state index contributed by atoms with van der Waals surface area (Å²) in [6.45, 7) is 4.18. The van der Waals surface area contributed by atoms with Gasteiger partial charge in [-0.25, -0.2) is 0 Å². The van der Waals surface area contributed by atoms with E-state index >= 15 is 0 Å². The number of carbonyl (C=O) groups excluding carboxylic acids is 1. The fraction of sp³-hybridized carbons (Fsp3) is 0.103. The van der Waals surface area contributed by atoms with Crippen molar-refractivity contribution >= 4 is 40.0 Å². The van der Waals surface area contributed by atoms with Crippen LogP contribution in [0.25, 0.3) is 16.8 Å². The highest BCUT2D eigenvalue weighted by Crippen LogP contribution is 2.28. The van der Waals surface area contributed by atoms with Gasteiger partial charge in [0.05, 0.1) is 0 Å². The number of nitrogens with one attached hydrogen (secondary N) is 1. The lowest BCUT2D eigenvalue weighted by atomic mass is 9.92. The van der Waals surface area contributed by atoms with Crippen molar-refractivity contribution in [1.29, 1.82) is 5.26 Å². The highest BCUT2D eigenvalue weighted by Gasteiger charge is 2.14. The lowest BCUT2D eigenvalue weighted by Gasteiger charge is -2.13. The Morgan fingerprint density at radius 2 is 1.67 bits per heavy atom. The van der Waals surface area contributed by atoms with E-state index in [0.717, 1.165) is 21.9 Å². The summed E-state index contributed by atoms with van der Waals surface area (Å²) in [4.78, 5) is 12.9. The number of amides is 1. The number of anilines is 1. The largest absolute Gasteiger partial charge is 0.321 e. The smallest absolute Gasteiger partial charge is 0.266 e. The maximum absolute atomic E-state index is 12.9. The van der Waals surface area contributed by atoms with Crippen molar-refractivity contribution in [2.45, 2.75) is 20.3 Å². The van der Waals surface area contributed by atoms with E-state index in [2.05, 4.69) is 55.6 Å². The molecule has 0 aliphatic heterocycles. The zero-order valence-electron chi connectivity index (χ0n) is 18.5. The van der Waals surface area contributed by atoms with E-state index < -0.39 is 5.91 Å². The van der Waals surface area contributed by atoms with Crippen LogP contribution in [0.5, 0.6) is 0 Å². The topological polar surface area (TPSA) is 52.9 Å². The Labute approximate surface area is 198 Å². The third kappa shape index (κ3) is 5.31. The zero-order chi connectivity index (χ0) is 23.4. The van der Waals surface area contributed by atoms with Gasteiger partial charge in [-0.05, 0) is 78.1 Å². The van der Waals surface area contributed by atoms with Crippen LogP contribution < -0.4 is 5.32 Å². The average Bonchev–Trinajstić information content (AvgIpc) is 2.79. The number of hydrogen-bond donors (Lipinski definition) is 1. The molecule has 1 N–H and O–H groups in total. The first-order valence-electron chi connectivity index (χ1n) is 10.7. The minimum atomic E-state index is -0.454. The van der Waals surface area contributed by atoms with Gasteiger partial charge in [-0.3, -0.25) is 4.79 Å². The summed E-state index contributed by atoms with van der Waals surface area (Å²) in [7, 11) is 0. The summed E-state index contributed by atoms with van der Waals surface area (Å²) in [6, 6.07) is 27.6. The van der Waals surface area contributed by atoms with E-state index in [9.17, 15) is 10.1 Å². The summed E-state index contributed by atoms with van der Waals surface area (Å²) in [5, 5.41) is 15.2. The lowest BCUT2D eigenvalue weighted by molar-refractivity contribution is -0.112. The van der Waals surface area contributed by atoms with Crippen LogP contribution in [-0.2, 0) is 11.2 Å². The normalized spacial score (nSPS) is 11.3.